The summed E-state index contributed by atoms with van der Waals surface area (Å²) >= 11 is 0. The third kappa shape index (κ3) is 5.74. The number of ether oxygens (including phenoxy) is 1. The predicted octanol–water partition coefficient (Wildman–Crippen LogP) is 1.25. The van der Waals surface area contributed by atoms with E-state index in [1.807, 2.05) is 4.90 Å². The van der Waals surface area contributed by atoms with Crippen LogP contribution < -0.4 is 5.32 Å². The molecule has 2 fully saturated rings. The number of amides is 2. The van der Waals surface area contributed by atoms with Crippen LogP contribution in [0.25, 0.3) is 0 Å². The lowest BCUT2D eigenvalue weighted by Gasteiger charge is -2.35. The Hall–Kier alpha value is -1.14. The van der Waals surface area contributed by atoms with Crippen molar-refractivity contribution >= 4 is 11.8 Å². The number of nitrogens with zero attached hydrogens (tertiary/aromatic N) is 2. The quantitative estimate of drug-likeness (QED) is 0.687. The fraction of sp³-hybridized carbons (Fsp3) is 0.889. The van der Waals surface area contributed by atoms with E-state index >= 15 is 0 Å². The van der Waals surface area contributed by atoms with Crippen molar-refractivity contribution < 1.29 is 14.3 Å². The standard InChI is InChI=1S/C18H33N3O3/c1-3-15(2)21(18(23)16-5-4-6-16)9-7-17(22)19-8-10-20-11-13-24-14-12-20/h15-16H,3-14H2,1-2H3,(H,19,22). The number of morpholine rings is 1. The third-order valence-corrected chi connectivity index (χ3v) is 5.29. The van der Waals surface area contributed by atoms with Crippen LogP contribution in [0.4, 0.5) is 0 Å². The van der Waals surface area contributed by atoms with Gasteiger partial charge in [0.15, 0.2) is 0 Å². The van der Waals surface area contributed by atoms with Crippen molar-refractivity contribution in [3.63, 3.8) is 0 Å². The average Bonchev–Trinajstić information content (AvgIpc) is 2.54. The van der Waals surface area contributed by atoms with Gasteiger partial charge >= 0.3 is 0 Å². The maximum Gasteiger partial charge on any atom is 0.225 e. The SMILES string of the molecule is CCC(C)N(CCC(=O)NCCN1CCOCC1)C(=O)C1CCC1. The van der Waals surface area contributed by atoms with Gasteiger partial charge in [0.2, 0.25) is 11.8 Å². The van der Waals surface area contributed by atoms with Crippen LogP contribution in [0.3, 0.4) is 0 Å². The number of carbonyl (C=O) groups excluding carboxylic acids is 2. The van der Waals surface area contributed by atoms with Crippen molar-refractivity contribution in [1.82, 2.24) is 15.1 Å². The minimum Gasteiger partial charge on any atom is -0.379 e. The second kappa shape index (κ2) is 9.99. The monoisotopic (exact) mass is 339 g/mol. The van der Waals surface area contributed by atoms with Crippen molar-refractivity contribution in [2.75, 3.05) is 45.9 Å². The highest BCUT2D eigenvalue weighted by molar-refractivity contribution is 5.81. The maximum atomic E-state index is 12.5. The van der Waals surface area contributed by atoms with Crippen LogP contribution in [-0.4, -0.2) is 73.6 Å². The van der Waals surface area contributed by atoms with Crippen molar-refractivity contribution in [2.24, 2.45) is 5.92 Å². The predicted molar refractivity (Wildman–Crippen MR) is 93.7 cm³/mol. The molecule has 138 valence electrons. The molecule has 0 aromatic rings. The molecule has 0 aromatic carbocycles. The summed E-state index contributed by atoms with van der Waals surface area (Å²) in [5, 5.41) is 2.98. The van der Waals surface area contributed by atoms with E-state index in [2.05, 4.69) is 24.1 Å². The van der Waals surface area contributed by atoms with E-state index in [1.54, 1.807) is 0 Å². The fourth-order valence-electron chi connectivity index (χ4n) is 3.15. The van der Waals surface area contributed by atoms with E-state index in [-0.39, 0.29) is 23.8 Å². The zero-order valence-electron chi connectivity index (χ0n) is 15.3. The first-order valence-electron chi connectivity index (χ1n) is 9.49. The topological polar surface area (TPSA) is 61.9 Å². The molecule has 1 heterocycles. The van der Waals surface area contributed by atoms with Gasteiger partial charge in [0.05, 0.1) is 13.2 Å². The molecule has 6 heteroatoms. The zero-order chi connectivity index (χ0) is 17.4. The summed E-state index contributed by atoms with van der Waals surface area (Å²) in [6.07, 6.45) is 4.50. The molecule has 0 bridgehead atoms. The normalized spacial score (nSPS) is 20.2. The molecule has 1 N–H and O–H groups in total. The van der Waals surface area contributed by atoms with Gasteiger partial charge in [0, 0.05) is 51.1 Å². The van der Waals surface area contributed by atoms with Crippen LogP contribution in [0, 0.1) is 5.92 Å². The lowest BCUT2D eigenvalue weighted by Crippen LogP contribution is -2.46. The number of hydrogen-bond acceptors (Lipinski definition) is 4. The molecule has 24 heavy (non-hydrogen) atoms. The van der Waals surface area contributed by atoms with Crippen LogP contribution in [0.15, 0.2) is 0 Å². The second-order valence-electron chi connectivity index (χ2n) is 6.97. The number of nitrogens with one attached hydrogen (secondary N) is 1. The summed E-state index contributed by atoms with van der Waals surface area (Å²) in [7, 11) is 0. The Morgan fingerprint density at radius 2 is 2.00 bits per heavy atom. The molecular weight excluding hydrogens is 306 g/mol. The highest BCUT2D eigenvalue weighted by Gasteiger charge is 2.31. The van der Waals surface area contributed by atoms with Gasteiger partial charge in [0.1, 0.15) is 0 Å². The van der Waals surface area contributed by atoms with Gasteiger partial charge < -0.3 is 15.0 Å². The van der Waals surface area contributed by atoms with Gasteiger partial charge in [0.25, 0.3) is 0 Å². The summed E-state index contributed by atoms with van der Waals surface area (Å²) in [5.41, 5.74) is 0. The third-order valence-electron chi connectivity index (χ3n) is 5.29. The highest BCUT2D eigenvalue weighted by atomic mass is 16.5. The lowest BCUT2D eigenvalue weighted by atomic mass is 9.84. The Balaban J connectivity index is 1.67. The zero-order valence-corrected chi connectivity index (χ0v) is 15.3. The second-order valence-corrected chi connectivity index (χ2v) is 6.97. The van der Waals surface area contributed by atoms with Gasteiger partial charge in [-0.25, -0.2) is 0 Å². The number of carbonyl (C=O) groups is 2. The van der Waals surface area contributed by atoms with E-state index in [0.717, 1.165) is 58.5 Å². The molecule has 1 unspecified atom stereocenters. The van der Waals surface area contributed by atoms with Gasteiger partial charge in [-0.15, -0.1) is 0 Å². The molecule has 0 aromatic heterocycles. The molecule has 1 saturated heterocycles. The first-order chi connectivity index (χ1) is 11.6. The molecule has 2 amide bonds. The van der Waals surface area contributed by atoms with Crippen LogP contribution >= 0.6 is 0 Å². The molecule has 1 atom stereocenters. The largest absolute Gasteiger partial charge is 0.379 e. The first-order valence-corrected chi connectivity index (χ1v) is 9.49. The van der Waals surface area contributed by atoms with Crippen LogP contribution in [0.2, 0.25) is 0 Å². The molecule has 0 spiro atoms. The molecular formula is C18H33N3O3. The summed E-state index contributed by atoms with van der Waals surface area (Å²) in [6, 6.07) is 0.208. The number of rotatable bonds is 9. The average molecular weight is 339 g/mol. The van der Waals surface area contributed by atoms with E-state index < -0.39 is 0 Å². The van der Waals surface area contributed by atoms with Gasteiger partial charge in [-0.3, -0.25) is 14.5 Å². The summed E-state index contributed by atoms with van der Waals surface area (Å²) in [4.78, 5) is 28.8. The summed E-state index contributed by atoms with van der Waals surface area (Å²) in [6.45, 7) is 9.67. The Morgan fingerprint density at radius 1 is 1.29 bits per heavy atom. The molecule has 1 aliphatic carbocycles. The molecule has 6 nitrogen and oxygen atoms in total. The Kier molecular flexibility index (Phi) is 7.99. The van der Waals surface area contributed by atoms with E-state index in [1.165, 1.54) is 0 Å². The minimum absolute atomic E-state index is 0.0398. The van der Waals surface area contributed by atoms with Crippen LogP contribution in [-0.2, 0) is 14.3 Å². The highest BCUT2D eigenvalue weighted by Crippen LogP contribution is 2.29. The minimum atomic E-state index is 0.0398. The Bertz CT molecular complexity index is 406. The summed E-state index contributed by atoms with van der Waals surface area (Å²) < 4.78 is 5.31. The van der Waals surface area contributed by atoms with E-state index in [9.17, 15) is 9.59 Å². The van der Waals surface area contributed by atoms with Crippen LogP contribution in [0.5, 0.6) is 0 Å². The van der Waals surface area contributed by atoms with Gasteiger partial charge in [-0.2, -0.15) is 0 Å². The van der Waals surface area contributed by atoms with E-state index in [0.29, 0.717) is 19.5 Å². The van der Waals surface area contributed by atoms with Crippen molar-refractivity contribution in [1.29, 1.82) is 0 Å². The fourth-order valence-corrected chi connectivity index (χ4v) is 3.15. The molecule has 1 aliphatic heterocycles. The number of hydrogen-bond donors (Lipinski definition) is 1. The Morgan fingerprint density at radius 3 is 2.58 bits per heavy atom. The van der Waals surface area contributed by atoms with Gasteiger partial charge in [-0.1, -0.05) is 13.3 Å². The van der Waals surface area contributed by atoms with Gasteiger partial charge in [-0.05, 0) is 26.2 Å². The maximum absolute atomic E-state index is 12.5. The van der Waals surface area contributed by atoms with Crippen molar-refractivity contribution in [3.8, 4) is 0 Å². The van der Waals surface area contributed by atoms with Crippen molar-refractivity contribution in [3.05, 3.63) is 0 Å². The first kappa shape index (κ1) is 19.2. The molecule has 1 saturated carbocycles. The van der Waals surface area contributed by atoms with Crippen molar-refractivity contribution in [2.45, 2.75) is 52.0 Å². The smallest absolute Gasteiger partial charge is 0.225 e. The molecule has 0 radical (unpaired) electrons. The summed E-state index contributed by atoms with van der Waals surface area (Å²) in [5.74, 6) is 0.484. The van der Waals surface area contributed by atoms with Crippen LogP contribution in [0.1, 0.15) is 46.0 Å². The molecule has 2 aliphatic rings. The lowest BCUT2D eigenvalue weighted by molar-refractivity contribution is -0.140. The van der Waals surface area contributed by atoms with E-state index in [4.69, 9.17) is 4.74 Å². The Labute approximate surface area is 145 Å². The molecule has 2 rings (SSSR count).